The second-order valence-electron chi connectivity index (χ2n) is 4.25. The van der Waals surface area contributed by atoms with Crippen molar-refractivity contribution in [2.75, 3.05) is 0 Å². The molecule has 0 unspecified atom stereocenters. The van der Waals surface area contributed by atoms with E-state index in [1.165, 1.54) is 5.56 Å². The molecule has 88 valence electrons. The molecular weight excluding hydrogens is 232 g/mol. The average Bonchev–Trinajstić information content (AvgIpc) is 2.29. The monoisotopic (exact) mass is 246 g/mol. The molecule has 0 aromatic heterocycles. The summed E-state index contributed by atoms with van der Waals surface area (Å²) in [4.78, 5) is 0. The Kier molecular flexibility index (Phi) is 3.70. The summed E-state index contributed by atoms with van der Waals surface area (Å²) in [7, 11) is 0. The highest BCUT2D eigenvalue weighted by atomic mass is 35.5. The molecule has 0 atom stereocenters. The Morgan fingerprint density at radius 3 is 2.47 bits per heavy atom. The van der Waals surface area contributed by atoms with Crippen molar-refractivity contribution in [1.29, 1.82) is 0 Å². The van der Waals surface area contributed by atoms with Gasteiger partial charge in [0, 0.05) is 5.02 Å². The van der Waals surface area contributed by atoms with Crippen molar-refractivity contribution in [2.24, 2.45) is 0 Å². The first-order valence-corrected chi connectivity index (χ1v) is 6.07. The van der Waals surface area contributed by atoms with E-state index in [1.54, 1.807) is 0 Å². The highest BCUT2D eigenvalue weighted by Gasteiger charge is 2.07. The second-order valence-corrected chi connectivity index (χ2v) is 4.69. The largest absolute Gasteiger partial charge is 0.457 e. The standard InChI is InChI=1S/C15H15ClO/c1-11(2)14-8-3-4-9-15(14)17-13-7-5-6-12(16)10-13/h3-11H,1-2H3. The average molecular weight is 247 g/mol. The highest BCUT2D eigenvalue weighted by Crippen LogP contribution is 2.31. The molecule has 0 fully saturated rings. The number of hydrogen-bond acceptors (Lipinski definition) is 1. The maximum atomic E-state index is 5.93. The number of ether oxygens (including phenoxy) is 1. The van der Waals surface area contributed by atoms with Crippen molar-refractivity contribution >= 4 is 11.6 Å². The Morgan fingerprint density at radius 1 is 1.00 bits per heavy atom. The summed E-state index contributed by atoms with van der Waals surface area (Å²) in [6, 6.07) is 15.5. The van der Waals surface area contributed by atoms with Crippen LogP contribution < -0.4 is 4.74 Å². The van der Waals surface area contributed by atoms with E-state index in [4.69, 9.17) is 16.3 Å². The van der Waals surface area contributed by atoms with Crippen molar-refractivity contribution in [2.45, 2.75) is 19.8 Å². The van der Waals surface area contributed by atoms with Crippen LogP contribution in [-0.2, 0) is 0 Å². The Morgan fingerprint density at radius 2 is 1.76 bits per heavy atom. The van der Waals surface area contributed by atoms with Gasteiger partial charge in [0.05, 0.1) is 0 Å². The third-order valence-electron chi connectivity index (χ3n) is 2.56. The fourth-order valence-corrected chi connectivity index (χ4v) is 1.89. The molecule has 1 nitrogen and oxygen atoms in total. The second kappa shape index (κ2) is 5.24. The minimum Gasteiger partial charge on any atom is -0.457 e. The molecule has 0 amide bonds. The minimum absolute atomic E-state index is 0.436. The van der Waals surface area contributed by atoms with Crippen molar-refractivity contribution < 1.29 is 4.74 Å². The molecule has 2 aromatic rings. The molecule has 0 N–H and O–H groups in total. The molecule has 0 saturated heterocycles. The molecule has 0 aliphatic rings. The normalized spacial score (nSPS) is 10.6. The lowest BCUT2D eigenvalue weighted by Crippen LogP contribution is -1.93. The van der Waals surface area contributed by atoms with Crippen LogP contribution in [-0.4, -0.2) is 0 Å². The molecule has 2 rings (SSSR count). The van der Waals surface area contributed by atoms with E-state index in [0.29, 0.717) is 10.9 Å². The first-order chi connectivity index (χ1) is 8.16. The van der Waals surface area contributed by atoms with Crippen molar-refractivity contribution in [3.8, 4) is 11.5 Å². The fourth-order valence-electron chi connectivity index (χ4n) is 1.71. The van der Waals surface area contributed by atoms with Gasteiger partial charge < -0.3 is 4.74 Å². The van der Waals surface area contributed by atoms with Gasteiger partial charge in [-0.2, -0.15) is 0 Å². The van der Waals surface area contributed by atoms with Gasteiger partial charge in [-0.1, -0.05) is 49.7 Å². The molecule has 17 heavy (non-hydrogen) atoms. The third-order valence-corrected chi connectivity index (χ3v) is 2.80. The van der Waals surface area contributed by atoms with Crippen LogP contribution in [0.1, 0.15) is 25.3 Å². The molecule has 0 radical (unpaired) electrons. The van der Waals surface area contributed by atoms with Crippen LogP contribution in [0, 0.1) is 0 Å². The topological polar surface area (TPSA) is 9.23 Å². The van der Waals surface area contributed by atoms with E-state index in [-0.39, 0.29) is 0 Å². The Hall–Kier alpha value is -1.47. The summed E-state index contributed by atoms with van der Waals surface area (Å²) in [5.74, 6) is 2.10. The van der Waals surface area contributed by atoms with Crippen LogP contribution >= 0.6 is 11.6 Å². The van der Waals surface area contributed by atoms with Gasteiger partial charge in [-0.25, -0.2) is 0 Å². The minimum atomic E-state index is 0.436. The molecule has 2 heteroatoms. The van der Waals surface area contributed by atoms with Gasteiger partial charge in [0.15, 0.2) is 0 Å². The molecule has 0 bridgehead atoms. The van der Waals surface area contributed by atoms with Gasteiger partial charge in [-0.15, -0.1) is 0 Å². The Bertz CT molecular complexity index is 506. The summed E-state index contributed by atoms with van der Waals surface area (Å²) in [6.07, 6.45) is 0. The zero-order valence-electron chi connectivity index (χ0n) is 9.98. The molecule has 0 heterocycles. The molecule has 0 aliphatic heterocycles. The van der Waals surface area contributed by atoms with E-state index in [0.717, 1.165) is 11.5 Å². The van der Waals surface area contributed by atoms with Gasteiger partial charge in [0.2, 0.25) is 0 Å². The maximum Gasteiger partial charge on any atom is 0.130 e. The van der Waals surface area contributed by atoms with E-state index in [9.17, 15) is 0 Å². The van der Waals surface area contributed by atoms with E-state index >= 15 is 0 Å². The predicted molar refractivity (Wildman–Crippen MR) is 72.1 cm³/mol. The molecule has 0 aliphatic carbocycles. The zero-order chi connectivity index (χ0) is 12.3. The lowest BCUT2D eigenvalue weighted by atomic mass is 10.0. The number of halogens is 1. The van der Waals surface area contributed by atoms with E-state index in [1.807, 2.05) is 42.5 Å². The number of para-hydroxylation sites is 1. The van der Waals surface area contributed by atoms with Crippen molar-refractivity contribution in [3.05, 3.63) is 59.1 Å². The summed E-state index contributed by atoms with van der Waals surface area (Å²) in [5.41, 5.74) is 1.20. The smallest absolute Gasteiger partial charge is 0.130 e. The quantitative estimate of drug-likeness (QED) is 0.718. The third kappa shape index (κ3) is 3.01. The van der Waals surface area contributed by atoms with E-state index in [2.05, 4.69) is 19.9 Å². The first-order valence-electron chi connectivity index (χ1n) is 5.69. The lowest BCUT2D eigenvalue weighted by molar-refractivity contribution is 0.473. The van der Waals surface area contributed by atoms with Crippen molar-refractivity contribution in [1.82, 2.24) is 0 Å². The van der Waals surface area contributed by atoms with Crippen molar-refractivity contribution in [3.63, 3.8) is 0 Å². The SMILES string of the molecule is CC(C)c1ccccc1Oc1cccc(Cl)c1. The maximum absolute atomic E-state index is 5.93. The highest BCUT2D eigenvalue weighted by molar-refractivity contribution is 6.30. The zero-order valence-corrected chi connectivity index (χ0v) is 10.7. The first kappa shape index (κ1) is 12.0. The van der Waals surface area contributed by atoms with Crippen LogP contribution in [0.5, 0.6) is 11.5 Å². The number of hydrogen-bond donors (Lipinski definition) is 0. The van der Waals surface area contributed by atoms with Gasteiger partial charge in [-0.3, -0.25) is 0 Å². The van der Waals surface area contributed by atoms with Gasteiger partial charge in [-0.05, 0) is 35.7 Å². The number of rotatable bonds is 3. The number of benzene rings is 2. The van der Waals surface area contributed by atoms with Crippen LogP contribution in [0.25, 0.3) is 0 Å². The summed E-state index contributed by atoms with van der Waals surface area (Å²) in [5, 5.41) is 0.685. The fraction of sp³-hybridized carbons (Fsp3) is 0.200. The Balaban J connectivity index is 2.30. The molecule has 2 aromatic carbocycles. The molecule has 0 spiro atoms. The summed E-state index contributed by atoms with van der Waals surface area (Å²) in [6.45, 7) is 4.31. The van der Waals surface area contributed by atoms with Crippen LogP contribution in [0.4, 0.5) is 0 Å². The van der Waals surface area contributed by atoms with Gasteiger partial charge >= 0.3 is 0 Å². The van der Waals surface area contributed by atoms with Crippen LogP contribution in [0.15, 0.2) is 48.5 Å². The summed E-state index contributed by atoms with van der Waals surface area (Å²) < 4.78 is 5.87. The summed E-state index contributed by atoms with van der Waals surface area (Å²) >= 11 is 5.93. The van der Waals surface area contributed by atoms with Gasteiger partial charge in [0.1, 0.15) is 11.5 Å². The van der Waals surface area contributed by atoms with Gasteiger partial charge in [0.25, 0.3) is 0 Å². The molecular formula is C15H15ClO. The van der Waals surface area contributed by atoms with E-state index < -0.39 is 0 Å². The Labute approximate surface area is 107 Å². The van der Waals surface area contributed by atoms with Crippen LogP contribution in [0.3, 0.4) is 0 Å². The molecule has 0 saturated carbocycles. The van der Waals surface area contributed by atoms with Crippen LogP contribution in [0.2, 0.25) is 5.02 Å². The lowest BCUT2D eigenvalue weighted by Gasteiger charge is -2.13. The predicted octanol–water partition coefficient (Wildman–Crippen LogP) is 5.26.